The lowest BCUT2D eigenvalue weighted by molar-refractivity contribution is -0.148. The van der Waals surface area contributed by atoms with Crippen LogP contribution in [0.1, 0.15) is 63.0 Å². The second kappa shape index (κ2) is 9.87. The molecule has 7 heteroatoms. The first kappa shape index (κ1) is 23.8. The molecule has 1 saturated carbocycles. The minimum absolute atomic E-state index is 0.0271. The van der Waals surface area contributed by atoms with Gasteiger partial charge in [0.25, 0.3) is 0 Å². The van der Waals surface area contributed by atoms with E-state index in [9.17, 15) is 19.5 Å². The van der Waals surface area contributed by atoms with Crippen LogP contribution in [-0.2, 0) is 14.3 Å². The third kappa shape index (κ3) is 4.39. The highest BCUT2D eigenvalue weighted by Gasteiger charge is 2.41. The maximum absolute atomic E-state index is 13.1. The van der Waals surface area contributed by atoms with Crippen LogP contribution in [-0.4, -0.2) is 41.3 Å². The highest BCUT2D eigenvalue weighted by Crippen LogP contribution is 2.44. The average molecular weight is 465 g/mol. The van der Waals surface area contributed by atoms with E-state index in [1.54, 1.807) is 13.8 Å². The fourth-order valence-electron chi connectivity index (χ4n) is 5.03. The van der Waals surface area contributed by atoms with Crippen molar-refractivity contribution in [2.75, 3.05) is 6.61 Å². The van der Waals surface area contributed by atoms with Gasteiger partial charge >= 0.3 is 12.1 Å². The lowest BCUT2D eigenvalue weighted by atomic mass is 9.79. The molecule has 2 aliphatic rings. The first-order valence-corrected chi connectivity index (χ1v) is 12.1. The van der Waals surface area contributed by atoms with E-state index in [0.29, 0.717) is 0 Å². The molecule has 34 heavy (non-hydrogen) atoms. The van der Waals surface area contributed by atoms with Gasteiger partial charge in [0.15, 0.2) is 0 Å². The molecule has 4 rings (SSSR count). The molecule has 2 aromatic rings. The number of carbonyl (C=O) groups is 3. The van der Waals surface area contributed by atoms with Crippen LogP contribution < -0.4 is 10.6 Å². The molecule has 2 aromatic carbocycles. The Bertz CT molecular complexity index is 1030. The van der Waals surface area contributed by atoms with Gasteiger partial charge in [-0.1, -0.05) is 68.8 Å². The number of carboxylic acid groups (broad SMARTS) is 1. The van der Waals surface area contributed by atoms with E-state index in [2.05, 4.69) is 22.8 Å². The fraction of sp³-hybridized carbons (Fsp3) is 0.444. The zero-order valence-corrected chi connectivity index (χ0v) is 19.7. The number of alkyl carbamates (subject to hydrolysis) is 1. The van der Waals surface area contributed by atoms with Gasteiger partial charge in [-0.05, 0) is 53.9 Å². The van der Waals surface area contributed by atoms with E-state index in [1.165, 1.54) is 0 Å². The Morgan fingerprint density at radius 3 is 2.03 bits per heavy atom. The van der Waals surface area contributed by atoms with Gasteiger partial charge in [-0.2, -0.15) is 0 Å². The van der Waals surface area contributed by atoms with Gasteiger partial charge in [-0.15, -0.1) is 0 Å². The monoisotopic (exact) mass is 464 g/mol. The molecular formula is C27H32N2O5. The molecule has 1 unspecified atom stereocenters. The normalized spacial score (nSPS) is 16.1. The molecule has 1 atom stereocenters. The number of carboxylic acids is 1. The number of nitrogens with one attached hydrogen (secondary N) is 2. The number of benzene rings is 2. The lowest BCUT2D eigenvalue weighted by Gasteiger charge is -2.36. The number of hydrogen-bond donors (Lipinski definition) is 3. The second-order valence-corrected chi connectivity index (χ2v) is 9.22. The first-order valence-electron chi connectivity index (χ1n) is 12.1. The van der Waals surface area contributed by atoms with Gasteiger partial charge in [-0.3, -0.25) is 4.79 Å². The summed E-state index contributed by atoms with van der Waals surface area (Å²) in [7, 11) is 0. The summed E-state index contributed by atoms with van der Waals surface area (Å²) in [6, 6.07) is 15.4. The minimum Gasteiger partial charge on any atom is -0.480 e. The van der Waals surface area contributed by atoms with Crippen LogP contribution in [0.3, 0.4) is 0 Å². The quantitative estimate of drug-likeness (QED) is 0.508. The van der Waals surface area contributed by atoms with Crippen LogP contribution in [0.15, 0.2) is 48.5 Å². The van der Waals surface area contributed by atoms with E-state index in [0.717, 1.165) is 41.5 Å². The Morgan fingerprint density at radius 1 is 1.00 bits per heavy atom. The lowest BCUT2D eigenvalue weighted by Crippen LogP contribution is -2.61. The van der Waals surface area contributed by atoms with E-state index < -0.39 is 29.6 Å². The smallest absolute Gasteiger partial charge is 0.407 e. The van der Waals surface area contributed by atoms with E-state index in [4.69, 9.17) is 4.74 Å². The maximum atomic E-state index is 13.1. The second-order valence-electron chi connectivity index (χ2n) is 9.22. The van der Waals surface area contributed by atoms with Crippen molar-refractivity contribution in [2.24, 2.45) is 5.92 Å². The Hall–Kier alpha value is -3.35. The van der Waals surface area contributed by atoms with E-state index in [-0.39, 0.29) is 31.3 Å². The van der Waals surface area contributed by atoms with Crippen LogP contribution in [0.4, 0.5) is 4.79 Å². The Labute approximate surface area is 199 Å². The number of ether oxygens (including phenoxy) is 1. The zero-order valence-electron chi connectivity index (χ0n) is 19.7. The summed E-state index contributed by atoms with van der Waals surface area (Å²) in [4.78, 5) is 37.7. The van der Waals surface area contributed by atoms with Crippen molar-refractivity contribution in [3.8, 4) is 11.1 Å². The molecule has 2 amide bonds. The third-order valence-electron chi connectivity index (χ3n) is 7.50. The van der Waals surface area contributed by atoms with E-state index in [1.807, 2.05) is 36.4 Å². The SMILES string of the molecule is CCC(CC)(NC(=O)C(NC(=O)OCC1c2ccccc2-c2ccccc21)C1CCC1)C(=O)O. The summed E-state index contributed by atoms with van der Waals surface area (Å²) in [6.45, 7) is 3.62. The topological polar surface area (TPSA) is 105 Å². The maximum Gasteiger partial charge on any atom is 0.407 e. The summed E-state index contributed by atoms with van der Waals surface area (Å²) in [5, 5.41) is 15.1. The molecular weight excluding hydrogens is 432 g/mol. The minimum atomic E-state index is -1.35. The highest BCUT2D eigenvalue weighted by atomic mass is 16.5. The number of rotatable bonds is 9. The third-order valence-corrected chi connectivity index (χ3v) is 7.50. The Kier molecular flexibility index (Phi) is 6.91. The largest absolute Gasteiger partial charge is 0.480 e. The van der Waals surface area contributed by atoms with Crippen LogP contribution in [0, 0.1) is 5.92 Å². The molecule has 3 N–H and O–H groups in total. The molecule has 0 aliphatic heterocycles. The van der Waals surface area contributed by atoms with Crippen molar-refractivity contribution >= 4 is 18.0 Å². The number of aliphatic carboxylic acids is 1. The van der Waals surface area contributed by atoms with Gasteiger partial charge in [0, 0.05) is 5.92 Å². The van der Waals surface area contributed by atoms with Crippen molar-refractivity contribution in [2.45, 2.75) is 63.5 Å². The van der Waals surface area contributed by atoms with E-state index >= 15 is 0 Å². The van der Waals surface area contributed by atoms with Gasteiger partial charge in [0.1, 0.15) is 18.2 Å². The Morgan fingerprint density at radius 2 is 1.56 bits per heavy atom. The molecule has 7 nitrogen and oxygen atoms in total. The number of hydrogen-bond acceptors (Lipinski definition) is 4. The predicted molar refractivity (Wildman–Crippen MR) is 128 cm³/mol. The zero-order chi connectivity index (χ0) is 24.3. The fourth-order valence-corrected chi connectivity index (χ4v) is 5.03. The number of amides is 2. The summed E-state index contributed by atoms with van der Waals surface area (Å²) < 4.78 is 5.62. The molecule has 2 aliphatic carbocycles. The van der Waals surface area contributed by atoms with Gasteiger partial charge < -0.3 is 20.5 Å². The van der Waals surface area contributed by atoms with Crippen LogP contribution >= 0.6 is 0 Å². The highest BCUT2D eigenvalue weighted by molar-refractivity contribution is 5.91. The first-order chi connectivity index (χ1) is 16.4. The van der Waals surface area contributed by atoms with Crippen LogP contribution in [0.25, 0.3) is 11.1 Å². The molecule has 0 saturated heterocycles. The summed E-state index contributed by atoms with van der Waals surface area (Å²) in [6.07, 6.45) is 2.44. The molecule has 0 spiro atoms. The van der Waals surface area contributed by atoms with Crippen LogP contribution in [0.2, 0.25) is 0 Å². The Balaban J connectivity index is 1.44. The van der Waals surface area contributed by atoms with Gasteiger partial charge in [0.2, 0.25) is 5.91 Å². The molecule has 0 bridgehead atoms. The van der Waals surface area contributed by atoms with Crippen molar-refractivity contribution in [3.05, 3.63) is 59.7 Å². The number of carbonyl (C=O) groups excluding carboxylic acids is 2. The van der Waals surface area contributed by atoms with Gasteiger partial charge in [-0.25, -0.2) is 9.59 Å². The van der Waals surface area contributed by atoms with Crippen molar-refractivity contribution in [1.29, 1.82) is 0 Å². The molecule has 1 fully saturated rings. The van der Waals surface area contributed by atoms with Crippen LogP contribution in [0.5, 0.6) is 0 Å². The van der Waals surface area contributed by atoms with Gasteiger partial charge in [0.05, 0.1) is 0 Å². The standard InChI is InChI=1S/C27H32N2O5/c1-3-27(4-2,25(31)32)29-24(30)23(17-10-9-11-17)28-26(33)34-16-22-20-14-7-5-12-18(20)19-13-6-8-15-21(19)22/h5-8,12-15,17,22-23H,3-4,9-11,16H2,1-2H3,(H,28,33)(H,29,30)(H,31,32). The van der Waals surface area contributed by atoms with Crippen molar-refractivity contribution < 1.29 is 24.2 Å². The average Bonchev–Trinajstić information content (AvgIpc) is 3.13. The predicted octanol–water partition coefficient (Wildman–Crippen LogP) is 4.45. The number of fused-ring (bicyclic) bond motifs is 3. The van der Waals surface area contributed by atoms with Crippen molar-refractivity contribution in [1.82, 2.24) is 10.6 Å². The molecule has 0 heterocycles. The molecule has 180 valence electrons. The molecule has 0 radical (unpaired) electrons. The summed E-state index contributed by atoms with van der Waals surface area (Å²) >= 11 is 0. The molecule has 0 aromatic heterocycles. The van der Waals surface area contributed by atoms with Crippen molar-refractivity contribution in [3.63, 3.8) is 0 Å². The summed E-state index contributed by atoms with van der Waals surface area (Å²) in [5.41, 5.74) is 3.16. The summed E-state index contributed by atoms with van der Waals surface area (Å²) in [5.74, 6) is -1.64.